The van der Waals surface area contributed by atoms with E-state index in [-0.39, 0.29) is 17.8 Å². The Morgan fingerprint density at radius 3 is 2.13 bits per heavy atom. The van der Waals surface area contributed by atoms with Gasteiger partial charge in [0.2, 0.25) is 0 Å². The minimum Gasteiger partial charge on any atom is -0.322 e. The lowest BCUT2D eigenvalue weighted by Crippen LogP contribution is -2.40. The molecule has 0 spiro atoms. The highest BCUT2D eigenvalue weighted by molar-refractivity contribution is 5.81. The highest BCUT2D eigenvalue weighted by Gasteiger charge is 2.22. The minimum absolute atomic E-state index is 0.254. The van der Waals surface area contributed by atoms with Crippen LogP contribution >= 0.6 is 0 Å². The number of hydrogen-bond acceptors (Lipinski definition) is 4. The van der Waals surface area contributed by atoms with Crippen LogP contribution in [0.2, 0.25) is 0 Å². The van der Waals surface area contributed by atoms with Gasteiger partial charge in [-0.3, -0.25) is 9.36 Å². The van der Waals surface area contributed by atoms with Gasteiger partial charge < -0.3 is 4.57 Å². The molecular weight excluding hydrogens is 476 g/mol. The molecule has 0 atom stereocenters. The van der Waals surface area contributed by atoms with Crippen LogP contribution in [0.5, 0.6) is 0 Å². The zero-order valence-electron chi connectivity index (χ0n) is 22.5. The van der Waals surface area contributed by atoms with Crippen molar-refractivity contribution in [2.24, 2.45) is 7.05 Å². The first kappa shape index (κ1) is 25.4. The standard InChI is InChI=1S/C30H34N6O2/c1-5-6-13-35-26-20-22(3)21(2)19-25(26)31-27-28(35)32-30(38)36(29(27)37)14-7-12-34-17-10-24(11-18-34)23-8-15-33(4)16-9-23/h8-11,15-20H,5-7,12-14H2,1-4H3/q+2. The number of nitrogens with zero attached hydrogens (tertiary/aromatic N) is 6. The Morgan fingerprint density at radius 1 is 0.816 bits per heavy atom. The molecule has 3 aromatic rings. The molecule has 5 rings (SSSR count). The smallest absolute Gasteiger partial charge is 0.322 e. The van der Waals surface area contributed by atoms with Crippen LogP contribution in [0.15, 0.2) is 70.8 Å². The second kappa shape index (κ2) is 10.7. The number of aromatic nitrogens is 6. The number of unbranched alkanes of at least 4 members (excludes halogenated alkanes) is 1. The second-order valence-electron chi connectivity index (χ2n) is 10.00. The number of benzene rings is 1. The molecule has 38 heavy (non-hydrogen) atoms. The number of hydrogen-bond donors (Lipinski definition) is 0. The number of fused-ring (bicyclic) bond motifs is 2. The Bertz CT molecular complexity index is 1680. The van der Waals surface area contributed by atoms with Gasteiger partial charge in [0, 0.05) is 43.8 Å². The fraction of sp³-hybridized carbons (Fsp3) is 0.333. The van der Waals surface area contributed by atoms with Gasteiger partial charge in [0.1, 0.15) is 13.6 Å². The first-order valence-corrected chi connectivity index (χ1v) is 13.2. The largest absolute Gasteiger partial charge is 0.352 e. The highest BCUT2D eigenvalue weighted by atomic mass is 16.2. The van der Waals surface area contributed by atoms with Gasteiger partial charge >= 0.3 is 5.69 Å². The van der Waals surface area contributed by atoms with Gasteiger partial charge in [-0.2, -0.15) is 4.98 Å². The Morgan fingerprint density at radius 2 is 1.45 bits per heavy atom. The predicted molar refractivity (Wildman–Crippen MR) is 147 cm³/mol. The lowest BCUT2D eigenvalue weighted by Gasteiger charge is -2.18. The lowest BCUT2D eigenvalue weighted by molar-refractivity contribution is -0.697. The van der Waals surface area contributed by atoms with E-state index in [4.69, 9.17) is 4.98 Å². The maximum atomic E-state index is 13.5. The summed E-state index contributed by atoms with van der Waals surface area (Å²) in [6.07, 6.45) is 10.6. The molecule has 0 fully saturated rings. The van der Waals surface area contributed by atoms with Crippen LogP contribution in [-0.2, 0) is 26.7 Å². The van der Waals surface area contributed by atoms with Gasteiger partial charge in [-0.05, 0) is 54.7 Å². The number of rotatable bonds is 8. The molecule has 194 valence electrons. The van der Waals surface area contributed by atoms with Crippen LogP contribution < -0.4 is 20.4 Å². The van der Waals surface area contributed by atoms with Crippen molar-refractivity contribution in [2.45, 2.75) is 59.7 Å². The third-order valence-electron chi connectivity index (χ3n) is 7.20. The summed E-state index contributed by atoms with van der Waals surface area (Å²) < 4.78 is 7.29. The Hall–Kier alpha value is -4.20. The molecule has 2 aliphatic rings. The summed E-state index contributed by atoms with van der Waals surface area (Å²) in [7, 11) is 2.00. The van der Waals surface area contributed by atoms with Crippen LogP contribution in [0.25, 0.3) is 33.7 Å². The summed E-state index contributed by atoms with van der Waals surface area (Å²) in [5.41, 5.74) is 5.57. The van der Waals surface area contributed by atoms with Gasteiger partial charge in [0.15, 0.2) is 36.3 Å². The van der Waals surface area contributed by atoms with E-state index in [9.17, 15) is 9.59 Å². The molecule has 0 N–H and O–H groups in total. The maximum absolute atomic E-state index is 13.5. The molecule has 0 saturated heterocycles. The summed E-state index contributed by atoms with van der Waals surface area (Å²) in [5, 5.41) is 0. The Balaban J connectivity index is 1.42. The number of aryl methyl sites for hydroxylation is 5. The first-order chi connectivity index (χ1) is 18.4. The van der Waals surface area contributed by atoms with Crippen molar-refractivity contribution in [3.8, 4) is 22.6 Å². The van der Waals surface area contributed by atoms with E-state index in [1.807, 2.05) is 54.0 Å². The van der Waals surface area contributed by atoms with Crippen molar-refractivity contribution in [1.29, 1.82) is 0 Å². The van der Waals surface area contributed by atoms with Crippen LogP contribution in [0.3, 0.4) is 0 Å². The predicted octanol–water partition coefficient (Wildman–Crippen LogP) is 3.34. The van der Waals surface area contributed by atoms with E-state index in [1.54, 1.807) is 0 Å². The summed E-state index contributed by atoms with van der Waals surface area (Å²) in [5.74, 6) is 0.375. The van der Waals surface area contributed by atoms with Crippen LogP contribution in [0, 0.1) is 13.8 Å². The minimum atomic E-state index is -0.518. The lowest BCUT2D eigenvalue weighted by atomic mass is 10.1. The molecule has 2 aliphatic heterocycles. The summed E-state index contributed by atoms with van der Waals surface area (Å²) >= 11 is 0. The van der Waals surface area contributed by atoms with E-state index >= 15 is 0 Å². The van der Waals surface area contributed by atoms with Crippen molar-refractivity contribution in [1.82, 2.24) is 19.1 Å². The van der Waals surface area contributed by atoms with Crippen molar-refractivity contribution in [3.63, 3.8) is 0 Å². The quantitative estimate of drug-likeness (QED) is 0.237. The van der Waals surface area contributed by atoms with Crippen molar-refractivity contribution in [2.75, 3.05) is 0 Å². The molecule has 4 heterocycles. The molecule has 0 radical (unpaired) electrons. The van der Waals surface area contributed by atoms with Gasteiger partial charge in [0.05, 0.1) is 11.0 Å². The van der Waals surface area contributed by atoms with Crippen LogP contribution in [-0.4, -0.2) is 19.1 Å². The monoisotopic (exact) mass is 510 g/mol. The average Bonchev–Trinajstić information content (AvgIpc) is 2.91. The topological polar surface area (TPSA) is 77.5 Å². The van der Waals surface area contributed by atoms with Gasteiger partial charge in [0.25, 0.3) is 5.56 Å². The number of pyridine rings is 2. The third-order valence-corrected chi connectivity index (χ3v) is 7.20. The zero-order valence-corrected chi connectivity index (χ0v) is 22.5. The Kier molecular flexibility index (Phi) is 7.13. The molecule has 8 nitrogen and oxygen atoms in total. The van der Waals surface area contributed by atoms with Crippen LogP contribution in [0.1, 0.15) is 37.3 Å². The van der Waals surface area contributed by atoms with E-state index in [0.717, 1.165) is 46.1 Å². The van der Waals surface area contributed by atoms with Crippen molar-refractivity contribution >= 4 is 11.0 Å². The average molecular weight is 511 g/mol. The highest BCUT2D eigenvalue weighted by Crippen LogP contribution is 2.24. The van der Waals surface area contributed by atoms with E-state index in [0.29, 0.717) is 25.3 Å². The third kappa shape index (κ3) is 4.98. The van der Waals surface area contributed by atoms with Gasteiger partial charge in [-0.1, -0.05) is 13.3 Å². The molecule has 0 unspecified atom stereocenters. The van der Waals surface area contributed by atoms with Crippen LogP contribution in [0.4, 0.5) is 0 Å². The fourth-order valence-electron chi connectivity index (χ4n) is 4.77. The molecular formula is C30H34N6O2+2. The van der Waals surface area contributed by atoms with E-state index in [2.05, 4.69) is 53.7 Å². The second-order valence-corrected chi connectivity index (χ2v) is 10.00. The van der Waals surface area contributed by atoms with Gasteiger partial charge in [-0.15, -0.1) is 0 Å². The molecule has 1 aromatic carbocycles. The van der Waals surface area contributed by atoms with Gasteiger partial charge in [-0.25, -0.2) is 18.9 Å². The zero-order chi connectivity index (χ0) is 26.8. The van der Waals surface area contributed by atoms with E-state index < -0.39 is 5.69 Å². The summed E-state index contributed by atoms with van der Waals surface area (Å²) in [4.78, 5) is 35.5. The van der Waals surface area contributed by atoms with Crippen molar-refractivity contribution < 1.29 is 9.13 Å². The molecule has 0 aliphatic carbocycles. The normalized spacial score (nSPS) is 11.5. The van der Waals surface area contributed by atoms with E-state index in [1.165, 1.54) is 4.57 Å². The first-order valence-electron chi connectivity index (χ1n) is 13.2. The fourth-order valence-corrected chi connectivity index (χ4v) is 4.77. The molecule has 2 aromatic heterocycles. The molecule has 0 saturated carbocycles. The molecule has 0 bridgehead atoms. The maximum Gasteiger partial charge on any atom is 0.352 e. The summed E-state index contributed by atoms with van der Waals surface area (Å²) in [6.45, 7) is 7.85. The SMILES string of the molecule is CCCCn1c2nc(=O)n(CCC[n+]3ccc(-c4cc[n+](C)cc4)cc3)c(=O)c-2nc2cc(C)c(C)cc21. The Labute approximate surface area is 221 Å². The van der Waals surface area contributed by atoms with Crippen molar-refractivity contribution in [3.05, 3.63) is 93.2 Å². The molecule has 0 amide bonds. The molecule has 8 heteroatoms. The summed E-state index contributed by atoms with van der Waals surface area (Å²) in [6, 6.07) is 12.4.